The standard InChI is InChI=1S/C40H47N9O4/c1-6-35(51)43-30-18-26(7-10-32(30)47-14-13-46(21-24(47)2)27-8-9-27)42-36-39(53)45(5)22-31(44-36)28-11-12-41-37(29(28)23-50)49-16-15-48-33(38(49)52)17-25-19-40(3,4)20-34(25)48/h6-7,10-12,17-18,22,24,27,50H,1,8-9,13-16,19-21,23H2,2-5H3,(H,42,44)(H,43,51)/t24-/m0/s1. The van der Waals surface area contributed by atoms with Crippen LogP contribution in [0.25, 0.3) is 11.3 Å². The van der Waals surface area contributed by atoms with E-state index in [0.29, 0.717) is 58.8 Å². The van der Waals surface area contributed by atoms with Gasteiger partial charge in [-0.25, -0.2) is 9.97 Å². The van der Waals surface area contributed by atoms with Crippen LogP contribution >= 0.6 is 0 Å². The molecule has 1 saturated heterocycles. The summed E-state index contributed by atoms with van der Waals surface area (Å²) in [6.07, 6.45) is 8.86. The minimum atomic E-state index is -0.386. The molecule has 5 heterocycles. The molecule has 4 aromatic rings. The Hall–Kier alpha value is -5.27. The van der Waals surface area contributed by atoms with Crippen LogP contribution in [0.2, 0.25) is 0 Å². The maximum Gasteiger partial charge on any atom is 0.293 e. The highest BCUT2D eigenvalue weighted by molar-refractivity contribution is 6.06. The highest BCUT2D eigenvalue weighted by Crippen LogP contribution is 2.40. The third kappa shape index (κ3) is 6.41. The molecule has 0 unspecified atom stereocenters. The van der Waals surface area contributed by atoms with Crippen molar-refractivity contribution in [2.24, 2.45) is 12.5 Å². The third-order valence-corrected chi connectivity index (χ3v) is 11.2. The Kier molecular flexibility index (Phi) is 8.73. The molecule has 2 aliphatic carbocycles. The first-order valence-electron chi connectivity index (χ1n) is 18.5. The average molecular weight is 718 g/mol. The van der Waals surface area contributed by atoms with E-state index in [1.165, 1.54) is 34.7 Å². The number of aliphatic hydroxyl groups is 1. The minimum absolute atomic E-state index is 0.0664. The van der Waals surface area contributed by atoms with E-state index in [0.717, 1.165) is 38.2 Å². The molecule has 13 heteroatoms. The SMILES string of the molecule is C=CC(=O)Nc1cc(Nc2nc(-c3ccnc(N4CCn5c(cc6c5CC(C)(C)C6)C4=O)c3CO)cn(C)c2=O)ccc1N1CCN(C2CC2)C[C@@H]1C. The molecular formula is C40H47N9O4. The van der Waals surface area contributed by atoms with Crippen molar-refractivity contribution in [1.29, 1.82) is 0 Å². The molecule has 3 aromatic heterocycles. The number of rotatable bonds is 9. The first-order valence-corrected chi connectivity index (χ1v) is 18.5. The normalized spacial score (nSPS) is 19.6. The van der Waals surface area contributed by atoms with Crippen LogP contribution in [0.1, 0.15) is 60.9 Å². The first-order chi connectivity index (χ1) is 25.4. The van der Waals surface area contributed by atoms with Crippen LogP contribution in [0, 0.1) is 5.41 Å². The number of aromatic nitrogens is 4. The van der Waals surface area contributed by atoms with Crippen molar-refractivity contribution < 1.29 is 14.7 Å². The fraction of sp³-hybridized carbons (Fsp3) is 0.425. The highest BCUT2D eigenvalue weighted by atomic mass is 16.3. The minimum Gasteiger partial charge on any atom is -0.392 e. The smallest absolute Gasteiger partial charge is 0.293 e. The van der Waals surface area contributed by atoms with Gasteiger partial charge in [0.25, 0.3) is 11.5 Å². The average Bonchev–Trinajstić information content (AvgIpc) is 3.87. The van der Waals surface area contributed by atoms with Crippen LogP contribution in [0.4, 0.5) is 28.7 Å². The van der Waals surface area contributed by atoms with Crippen molar-refractivity contribution in [2.45, 2.75) is 71.7 Å². The molecule has 2 aliphatic heterocycles. The van der Waals surface area contributed by atoms with Crippen molar-refractivity contribution in [3.63, 3.8) is 0 Å². The Morgan fingerprint density at radius 2 is 1.91 bits per heavy atom. The van der Waals surface area contributed by atoms with Gasteiger partial charge in [0.2, 0.25) is 5.91 Å². The second-order valence-electron chi connectivity index (χ2n) is 15.7. The second-order valence-corrected chi connectivity index (χ2v) is 15.7. The van der Waals surface area contributed by atoms with E-state index in [2.05, 4.69) is 57.3 Å². The molecule has 0 bridgehead atoms. The van der Waals surface area contributed by atoms with Crippen molar-refractivity contribution in [3.05, 3.63) is 88.2 Å². The highest BCUT2D eigenvalue weighted by Gasteiger charge is 2.38. The van der Waals surface area contributed by atoms with Gasteiger partial charge in [-0.3, -0.25) is 24.2 Å². The van der Waals surface area contributed by atoms with E-state index in [-0.39, 0.29) is 41.3 Å². The third-order valence-electron chi connectivity index (χ3n) is 11.2. The van der Waals surface area contributed by atoms with E-state index < -0.39 is 0 Å². The van der Waals surface area contributed by atoms with E-state index in [1.807, 2.05) is 24.3 Å². The number of pyridine rings is 1. The summed E-state index contributed by atoms with van der Waals surface area (Å²) in [5.41, 5.74) is 6.42. The fourth-order valence-electron chi connectivity index (χ4n) is 8.44. The largest absolute Gasteiger partial charge is 0.392 e. The van der Waals surface area contributed by atoms with Crippen molar-refractivity contribution >= 4 is 40.5 Å². The van der Waals surface area contributed by atoms with E-state index in [1.54, 1.807) is 30.4 Å². The van der Waals surface area contributed by atoms with Gasteiger partial charge in [0.1, 0.15) is 11.5 Å². The number of piperazine rings is 1. The van der Waals surface area contributed by atoms with E-state index in [4.69, 9.17) is 4.98 Å². The monoisotopic (exact) mass is 717 g/mol. The molecule has 1 aromatic carbocycles. The van der Waals surface area contributed by atoms with Crippen LogP contribution in [-0.2, 0) is 37.8 Å². The van der Waals surface area contributed by atoms with Gasteiger partial charge in [-0.2, -0.15) is 0 Å². The number of hydrogen-bond acceptors (Lipinski definition) is 9. The van der Waals surface area contributed by atoms with Crippen molar-refractivity contribution in [1.82, 2.24) is 24.0 Å². The Morgan fingerprint density at radius 1 is 1.09 bits per heavy atom. The maximum atomic E-state index is 13.9. The molecule has 3 N–H and O–H groups in total. The van der Waals surface area contributed by atoms with Gasteiger partial charge < -0.3 is 29.8 Å². The molecule has 1 atom stereocenters. The van der Waals surface area contributed by atoms with Gasteiger partial charge in [0.05, 0.1) is 23.7 Å². The molecule has 53 heavy (non-hydrogen) atoms. The van der Waals surface area contributed by atoms with Gasteiger partial charge in [-0.05, 0) is 80.0 Å². The molecule has 276 valence electrons. The van der Waals surface area contributed by atoms with E-state index >= 15 is 0 Å². The quantitative estimate of drug-likeness (QED) is 0.214. The zero-order chi connectivity index (χ0) is 37.2. The molecule has 2 amide bonds. The summed E-state index contributed by atoms with van der Waals surface area (Å²) in [4.78, 5) is 55.8. The number of hydrogen-bond donors (Lipinski definition) is 3. The van der Waals surface area contributed by atoms with Gasteiger partial charge in [0, 0.05) is 86.8 Å². The number of aryl methyl sites for hydroxylation is 1. The van der Waals surface area contributed by atoms with Crippen molar-refractivity contribution in [2.75, 3.05) is 46.6 Å². The van der Waals surface area contributed by atoms with Gasteiger partial charge in [-0.1, -0.05) is 20.4 Å². The number of anilines is 5. The molecule has 13 nitrogen and oxygen atoms in total. The summed E-state index contributed by atoms with van der Waals surface area (Å²) in [6.45, 7) is 13.8. The topological polar surface area (TPSA) is 141 Å². The molecule has 0 spiro atoms. The van der Waals surface area contributed by atoms with Crippen LogP contribution in [0.5, 0.6) is 0 Å². The summed E-state index contributed by atoms with van der Waals surface area (Å²) in [7, 11) is 1.64. The lowest BCUT2D eigenvalue weighted by molar-refractivity contribution is -0.111. The number of amides is 2. The summed E-state index contributed by atoms with van der Waals surface area (Å²) in [5, 5.41) is 16.9. The molecule has 0 radical (unpaired) electrons. The molecular weight excluding hydrogens is 670 g/mol. The predicted molar refractivity (Wildman–Crippen MR) is 206 cm³/mol. The number of carbonyl (C=O) groups excluding carboxylic acids is 2. The van der Waals surface area contributed by atoms with E-state index in [9.17, 15) is 19.5 Å². The zero-order valence-corrected chi connectivity index (χ0v) is 30.9. The van der Waals surface area contributed by atoms with Gasteiger partial charge in [0.15, 0.2) is 5.82 Å². The fourth-order valence-corrected chi connectivity index (χ4v) is 8.44. The molecule has 2 fully saturated rings. The number of nitrogens with one attached hydrogen (secondary N) is 2. The Labute approximate surface area is 308 Å². The lowest BCUT2D eigenvalue weighted by atomic mass is 9.90. The number of benzene rings is 1. The lowest BCUT2D eigenvalue weighted by Gasteiger charge is -2.42. The number of nitrogens with zero attached hydrogens (tertiary/aromatic N) is 7. The Balaban J connectivity index is 1.09. The molecule has 8 rings (SSSR count). The lowest BCUT2D eigenvalue weighted by Crippen LogP contribution is -2.52. The Morgan fingerprint density at radius 3 is 2.64 bits per heavy atom. The number of aliphatic hydroxyl groups excluding tert-OH is 1. The summed E-state index contributed by atoms with van der Waals surface area (Å²) >= 11 is 0. The van der Waals surface area contributed by atoms with Gasteiger partial charge >= 0.3 is 0 Å². The van der Waals surface area contributed by atoms with Crippen LogP contribution in [0.3, 0.4) is 0 Å². The van der Waals surface area contributed by atoms with Crippen LogP contribution < -0.4 is 26.0 Å². The Bertz CT molecular complexity index is 2200. The van der Waals surface area contributed by atoms with Crippen molar-refractivity contribution in [3.8, 4) is 11.3 Å². The zero-order valence-electron chi connectivity index (χ0n) is 30.9. The summed E-state index contributed by atoms with van der Waals surface area (Å²) in [6, 6.07) is 10.3. The molecule has 4 aliphatic rings. The molecule has 1 saturated carbocycles. The first kappa shape index (κ1) is 34.8. The van der Waals surface area contributed by atoms with Crippen LogP contribution in [-0.4, -0.2) is 79.2 Å². The number of carbonyl (C=O) groups is 2. The second kappa shape index (κ2) is 13.3. The van der Waals surface area contributed by atoms with Crippen LogP contribution in [0.15, 0.2) is 60.2 Å². The maximum absolute atomic E-state index is 13.9. The van der Waals surface area contributed by atoms with Gasteiger partial charge in [-0.15, -0.1) is 0 Å². The summed E-state index contributed by atoms with van der Waals surface area (Å²) in [5.74, 6) is -0.0436. The summed E-state index contributed by atoms with van der Waals surface area (Å²) < 4.78 is 3.58. The number of fused-ring (bicyclic) bond motifs is 3. The predicted octanol–water partition coefficient (Wildman–Crippen LogP) is 4.46.